The second-order valence-electron chi connectivity index (χ2n) is 7.81. The number of aliphatic hydroxyl groups excluding tert-OH is 1. The number of nitrogens with zero attached hydrogens (tertiary/aromatic N) is 1. The van der Waals surface area contributed by atoms with Gasteiger partial charge < -0.3 is 14.7 Å². The normalized spacial score (nSPS) is 17.4. The van der Waals surface area contributed by atoms with Gasteiger partial charge in [0.25, 0.3) is 11.7 Å². The van der Waals surface area contributed by atoms with Gasteiger partial charge in [0.2, 0.25) is 0 Å². The molecule has 168 valence electrons. The van der Waals surface area contributed by atoms with Gasteiger partial charge in [0, 0.05) is 17.7 Å². The predicted molar refractivity (Wildman–Crippen MR) is 123 cm³/mol. The highest BCUT2D eigenvalue weighted by atomic mass is 19.1. The summed E-state index contributed by atoms with van der Waals surface area (Å²) in [6, 6.07) is 20.7. The number of carbonyl (C=O) groups excluding carboxylic acids is 2. The number of carbonyl (C=O) groups is 2. The topological polar surface area (TPSA) is 66.8 Å². The Morgan fingerprint density at radius 1 is 1.00 bits per heavy atom. The van der Waals surface area contributed by atoms with Crippen molar-refractivity contribution in [2.45, 2.75) is 25.9 Å². The van der Waals surface area contributed by atoms with E-state index in [0.29, 0.717) is 17.9 Å². The lowest BCUT2D eigenvalue weighted by Crippen LogP contribution is -2.29. The summed E-state index contributed by atoms with van der Waals surface area (Å²) in [5.41, 5.74) is 1.11. The van der Waals surface area contributed by atoms with Gasteiger partial charge in [-0.2, -0.15) is 0 Å². The lowest BCUT2D eigenvalue weighted by Gasteiger charge is -2.25. The second-order valence-corrected chi connectivity index (χ2v) is 7.81. The fraction of sp³-hybridized carbons (Fsp3) is 0.185. The molecule has 1 amide bonds. The molecule has 0 saturated carbocycles. The van der Waals surface area contributed by atoms with Crippen molar-refractivity contribution in [3.8, 4) is 5.75 Å². The smallest absolute Gasteiger partial charge is 0.295 e. The minimum atomic E-state index is -1.06. The van der Waals surface area contributed by atoms with E-state index in [1.807, 2.05) is 37.3 Å². The standard InChI is InChI=1S/C27H24FNO4/c1-2-15-33-20-12-8-11-19(16-20)25(30)23-24(21-13-6-7-14-22(21)28)29(27(32)26(23)31)17-18-9-4-3-5-10-18/h3-14,16,24,30H,2,15,17H2,1H3/b25-23+. The number of Topliss-reactive ketones (excluding diaryl/α,β-unsaturated/α-hetero) is 1. The van der Waals surface area contributed by atoms with Gasteiger partial charge in [-0.25, -0.2) is 4.39 Å². The number of hydrogen-bond acceptors (Lipinski definition) is 4. The minimum Gasteiger partial charge on any atom is -0.507 e. The van der Waals surface area contributed by atoms with E-state index < -0.39 is 23.5 Å². The Labute approximate surface area is 191 Å². The van der Waals surface area contributed by atoms with Crippen molar-refractivity contribution in [1.82, 2.24) is 4.90 Å². The van der Waals surface area contributed by atoms with Gasteiger partial charge in [0.05, 0.1) is 18.2 Å². The molecule has 33 heavy (non-hydrogen) atoms. The number of likely N-dealkylation sites (tertiary alicyclic amines) is 1. The van der Waals surface area contributed by atoms with Gasteiger partial charge in [-0.3, -0.25) is 9.59 Å². The van der Waals surface area contributed by atoms with Crippen LogP contribution < -0.4 is 4.74 Å². The highest BCUT2D eigenvalue weighted by Gasteiger charge is 2.46. The average molecular weight is 445 g/mol. The Balaban J connectivity index is 1.84. The molecule has 0 spiro atoms. The zero-order valence-electron chi connectivity index (χ0n) is 18.2. The third kappa shape index (κ3) is 4.51. The van der Waals surface area contributed by atoms with E-state index >= 15 is 0 Å². The number of rotatable bonds is 7. The molecular formula is C27H24FNO4. The van der Waals surface area contributed by atoms with Crippen LogP contribution in [0.2, 0.25) is 0 Å². The molecule has 3 aromatic carbocycles. The molecule has 1 fully saturated rings. The zero-order chi connectivity index (χ0) is 23.4. The van der Waals surface area contributed by atoms with Crippen LogP contribution >= 0.6 is 0 Å². The third-order valence-corrected chi connectivity index (χ3v) is 5.52. The molecule has 4 rings (SSSR count). The molecule has 1 aliphatic heterocycles. The van der Waals surface area contributed by atoms with Crippen molar-refractivity contribution in [2.75, 3.05) is 6.61 Å². The fourth-order valence-corrected chi connectivity index (χ4v) is 3.95. The summed E-state index contributed by atoms with van der Waals surface area (Å²) in [5.74, 6) is -2.03. The lowest BCUT2D eigenvalue weighted by atomic mass is 9.94. The summed E-state index contributed by atoms with van der Waals surface area (Å²) in [7, 11) is 0. The number of hydrogen-bond donors (Lipinski definition) is 1. The van der Waals surface area contributed by atoms with Crippen LogP contribution in [0.4, 0.5) is 4.39 Å². The monoisotopic (exact) mass is 445 g/mol. The van der Waals surface area contributed by atoms with Gasteiger partial charge in [0.1, 0.15) is 17.3 Å². The highest BCUT2D eigenvalue weighted by molar-refractivity contribution is 6.46. The van der Waals surface area contributed by atoms with E-state index in [0.717, 1.165) is 12.0 Å². The van der Waals surface area contributed by atoms with E-state index in [1.54, 1.807) is 30.3 Å². The van der Waals surface area contributed by atoms with Crippen molar-refractivity contribution < 1.29 is 23.8 Å². The molecule has 0 bridgehead atoms. The fourth-order valence-electron chi connectivity index (χ4n) is 3.95. The second kappa shape index (κ2) is 9.69. The molecule has 0 aromatic heterocycles. The quantitative estimate of drug-likeness (QED) is 0.307. The molecule has 0 radical (unpaired) electrons. The first kappa shape index (κ1) is 22.3. The molecule has 0 aliphatic carbocycles. The van der Waals surface area contributed by atoms with Crippen molar-refractivity contribution in [1.29, 1.82) is 0 Å². The van der Waals surface area contributed by atoms with Crippen LogP contribution in [-0.2, 0) is 16.1 Å². The molecule has 1 atom stereocenters. The molecule has 1 aliphatic rings. The Hall–Kier alpha value is -3.93. The summed E-state index contributed by atoms with van der Waals surface area (Å²) in [6.07, 6.45) is 0.814. The predicted octanol–water partition coefficient (Wildman–Crippen LogP) is 5.24. The van der Waals surface area contributed by atoms with Crippen LogP contribution in [0.1, 0.15) is 36.1 Å². The molecule has 6 heteroatoms. The number of benzene rings is 3. The van der Waals surface area contributed by atoms with Crippen molar-refractivity contribution >= 4 is 17.4 Å². The first-order chi connectivity index (χ1) is 16.0. The summed E-state index contributed by atoms with van der Waals surface area (Å²) in [5, 5.41) is 11.2. The average Bonchev–Trinajstić information content (AvgIpc) is 3.08. The zero-order valence-corrected chi connectivity index (χ0v) is 18.2. The molecule has 3 aromatic rings. The van der Waals surface area contributed by atoms with Crippen LogP contribution in [0, 0.1) is 5.82 Å². The van der Waals surface area contributed by atoms with Crippen LogP contribution in [0.15, 0.2) is 84.4 Å². The Kier molecular flexibility index (Phi) is 6.54. The number of aliphatic hydroxyl groups is 1. The lowest BCUT2D eigenvalue weighted by molar-refractivity contribution is -0.140. The summed E-state index contributed by atoms with van der Waals surface area (Å²) in [6.45, 7) is 2.58. The minimum absolute atomic E-state index is 0.0981. The van der Waals surface area contributed by atoms with Crippen LogP contribution in [-0.4, -0.2) is 28.3 Å². The Morgan fingerprint density at radius 3 is 2.45 bits per heavy atom. The molecule has 5 nitrogen and oxygen atoms in total. The summed E-state index contributed by atoms with van der Waals surface area (Å²) in [4.78, 5) is 27.5. The van der Waals surface area contributed by atoms with Gasteiger partial charge >= 0.3 is 0 Å². The van der Waals surface area contributed by atoms with Gasteiger partial charge in [-0.05, 0) is 30.2 Å². The van der Waals surface area contributed by atoms with E-state index in [-0.39, 0.29) is 23.4 Å². The van der Waals surface area contributed by atoms with Crippen molar-refractivity contribution in [2.24, 2.45) is 0 Å². The first-order valence-electron chi connectivity index (χ1n) is 10.8. The molecule has 1 heterocycles. The van der Waals surface area contributed by atoms with E-state index in [9.17, 15) is 19.1 Å². The van der Waals surface area contributed by atoms with E-state index in [1.165, 1.54) is 23.1 Å². The van der Waals surface area contributed by atoms with Gasteiger partial charge in [0.15, 0.2) is 0 Å². The first-order valence-corrected chi connectivity index (χ1v) is 10.8. The van der Waals surface area contributed by atoms with E-state index in [4.69, 9.17) is 4.74 Å². The molecular weight excluding hydrogens is 421 g/mol. The van der Waals surface area contributed by atoms with Crippen molar-refractivity contribution in [3.05, 3.63) is 107 Å². The molecule has 1 unspecified atom stereocenters. The third-order valence-electron chi connectivity index (χ3n) is 5.52. The molecule has 1 saturated heterocycles. The number of halogens is 1. The van der Waals surface area contributed by atoms with Crippen LogP contribution in [0.5, 0.6) is 5.75 Å². The maximum absolute atomic E-state index is 14.9. The largest absolute Gasteiger partial charge is 0.507 e. The Bertz CT molecular complexity index is 1210. The molecule has 1 N–H and O–H groups in total. The Morgan fingerprint density at radius 2 is 1.73 bits per heavy atom. The number of ketones is 1. The highest BCUT2D eigenvalue weighted by Crippen LogP contribution is 2.41. The summed E-state index contributed by atoms with van der Waals surface area (Å²) < 4.78 is 20.5. The van der Waals surface area contributed by atoms with E-state index in [2.05, 4.69) is 0 Å². The maximum atomic E-state index is 14.9. The van der Waals surface area contributed by atoms with Gasteiger partial charge in [-0.15, -0.1) is 0 Å². The van der Waals surface area contributed by atoms with Crippen LogP contribution in [0.3, 0.4) is 0 Å². The summed E-state index contributed by atoms with van der Waals surface area (Å²) >= 11 is 0. The number of amides is 1. The van der Waals surface area contributed by atoms with Crippen molar-refractivity contribution in [3.63, 3.8) is 0 Å². The van der Waals surface area contributed by atoms with Gasteiger partial charge in [-0.1, -0.05) is 67.6 Å². The number of ether oxygens (including phenoxy) is 1. The maximum Gasteiger partial charge on any atom is 0.295 e. The van der Waals surface area contributed by atoms with Crippen LogP contribution in [0.25, 0.3) is 5.76 Å². The SMILES string of the molecule is CCCOc1cccc(/C(O)=C2\C(=O)C(=O)N(Cc3ccccc3)C2c2ccccc2F)c1.